The van der Waals surface area contributed by atoms with E-state index in [0.29, 0.717) is 51.4 Å². The highest BCUT2D eigenvalue weighted by atomic mass is 16.7. The van der Waals surface area contributed by atoms with Crippen molar-refractivity contribution in [1.82, 2.24) is 0 Å². The van der Waals surface area contributed by atoms with Crippen LogP contribution in [0.5, 0.6) is 0 Å². The van der Waals surface area contributed by atoms with E-state index in [-0.39, 0.29) is 40.8 Å². The molecule has 386 valence electrons. The molecule has 16 aliphatic carbocycles. The molecule has 0 aliphatic heterocycles. The summed E-state index contributed by atoms with van der Waals surface area (Å²) in [5.41, 5.74) is 7.62. The second-order valence-electron chi connectivity index (χ2n) is 20.2. The third kappa shape index (κ3) is 10.5. The first-order chi connectivity index (χ1) is 35.2. The van der Waals surface area contributed by atoms with Gasteiger partial charge in [0.15, 0.2) is 0 Å². The second-order valence-corrected chi connectivity index (χ2v) is 20.2. The fourth-order valence-corrected chi connectivity index (χ4v) is 12.2. The molecule has 0 saturated heterocycles. The van der Waals surface area contributed by atoms with Gasteiger partial charge in [0.2, 0.25) is 0 Å². The highest BCUT2D eigenvalue weighted by molar-refractivity contribution is 5.71. The van der Waals surface area contributed by atoms with Crippen LogP contribution in [0.2, 0.25) is 0 Å². The Bertz CT molecular complexity index is 2270. The lowest BCUT2D eigenvalue weighted by atomic mass is 9.68. The average molecular weight is 987 g/mol. The number of methoxy groups -OCH3 is 6. The summed E-state index contributed by atoms with van der Waals surface area (Å²) in [6.07, 6.45) is 8.54. The van der Waals surface area contributed by atoms with E-state index in [4.69, 9.17) is 56.8 Å². The van der Waals surface area contributed by atoms with Crippen LogP contribution < -0.4 is 0 Å². The van der Waals surface area contributed by atoms with Crippen LogP contribution in [0.25, 0.3) is 22.3 Å². The second kappa shape index (κ2) is 23.0. The number of hydrogen-bond acceptors (Lipinski definition) is 12. The van der Waals surface area contributed by atoms with Gasteiger partial charge in [0.25, 0.3) is 0 Å². The standard InChI is InChI=1S/C60H74O12/c1-61-39-67-55-27-31-57(32-28-55,69-41-63-3)51-19-23-53(24-20-51)59(71-43-65-5)35-37-60(38-36-59,72-44-66-6)54-25-21-52(22-26-54)58(70-42-64-4)33-29-56(30-34-58,68-40-62-2)50-17-13-48(14-18-50)46-9-7-45(8-10-46)47-11-15-49(55)16-12-47/h7-26H,27-44H2,1-6H3. The van der Waals surface area contributed by atoms with Crippen LogP contribution in [0.15, 0.2) is 121 Å². The first-order valence-electron chi connectivity index (χ1n) is 25.5. The van der Waals surface area contributed by atoms with Gasteiger partial charge in [-0.2, -0.15) is 0 Å². The summed E-state index contributed by atoms with van der Waals surface area (Å²) in [4.78, 5) is 0. The summed E-state index contributed by atoms with van der Waals surface area (Å²) in [6.45, 7) is 1.03. The van der Waals surface area contributed by atoms with Crippen molar-refractivity contribution in [2.24, 2.45) is 0 Å². The van der Waals surface area contributed by atoms with Gasteiger partial charge in [-0.15, -0.1) is 0 Å². The summed E-state index contributed by atoms with van der Waals surface area (Å²) >= 11 is 0. The van der Waals surface area contributed by atoms with Gasteiger partial charge in [0.1, 0.15) is 40.8 Å². The third-order valence-electron chi connectivity index (χ3n) is 16.6. The van der Waals surface area contributed by atoms with Crippen LogP contribution in [-0.4, -0.2) is 83.4 Å². The van der Waals surface area contributed by atoms with Gasteiger partial charge >= 0.3 is 0 Å². The molecule has 3 saturated carbocycles. The molecular weight excluding hydrogens is 913 g/mol. The van der Waals surface area contributed by atoms with Gasteiger partial charge in [0, 0.05) is 42.7 Å². The summed E-state index contributed by atoms with van der Waals surface area (Å²) < 4.78 is 73.7. The van der Waals surface area contributed by atoms with Gasteiger partial charge in [-0.1, -0.05) is 121 Å². The fourth-order valence-electron chi connectivity index (χ4n) is 12.2. The normalized spacial score (nSPS) is 28.0. The molecule has 5 aromatic carbocycles. The molecule has 3 fully saturated rings. The number of benzene rings is 5. The summed E-state index contributed by atoms with van der Waals surface area (Å²) in [7, 11) is 10.0. The van der Waals surface area contributed by atoms with Crippen molar-refractivity contribution in [2.75, 3.05) is 83.4 Å². The van der Waals surface area contributed by atoms with Crippen molar-refractivity contribution in [3.63, 3.8) is 0 Å². The van der Waals surface area contributed by atoms with Gasteiger partial charge in [-0.3, -0.25) is 0 Å². The molecule has 0 unspecified atom stereocenters. The maximum atomic E-state index is 6.75. The predicted molar refractivity (Wildman–Crippen MR) is 273 cm³/mol. The van der Waals surface area contributed by atoms with Crippen molar-refractivity contribution in [3.05, 3.63) is 155 Å². The minimum atomic E-state index is -0.616. The number of ether oxygens (including phenoxy) is 12. The highest BCUT2D eigenvalue weighted by Gasteiger charge is 2.50. The maximum Gasteiger partial charge on any atom is 0.147 e. The molecule has 0 spiro atoms. The zero-order valence-electron chi connectivity index (χ0n) is 43.2. The van der Waals surface area contributed by atoms with Crippen molar-refractivity contribution in [3.8, 4) is 22.3 Å². The zero-order valence-corrected chi connectivity index (χ0v) is 43.2. The molecule has 16 aliphatic rings. The lowest BCUT2D eigenvalue weighted by molar-refractivity contribution is -0.205. The fraction of sp³-hybridized carbons (Fsp3) is 0.500. The lowest BCUT2D eigenvalue weighted by Crippen LogP contribution is -2.44. The number of rotatable bonds is 18. The van der Waals surface area contributed by atoms with Gasteiger partial charge < -0.3 is 56.8 Å². The third-order valence-corrected chi connectivity index (χ3v) is 16.6. The molecule has 0 aromatic heterocycles. The molecule has 16 bridgehead atoms. The van der Waals surface area contributed by atoms with E-state index in [1.165, 1.54) is 0 Å². The molecule has 0 N–H and O–H groups in total. The Labute approximate surface area is 426 Å². The summed E-state index contributed by atoms with van der Waals surface area (Å²) in [5.74, 6) is 0. The Hall–Kier alpha value is -4.38. The van der Waals surface area contributed by atoms with E-state index in [1.807, 2.05) is 0 Å². The number of hydrogen-bond donors (Lipinski definition) is 0. The molecule has 0 atom stereocenters. The van der Waals surface area contributed by atoms with Crippen molar-refractivity contribution in [1.29, 1.82) is 0 Å². The average Bonchev–Trinajstić information content (AvgIpc) is 3.45. The van der Waals surface area contributed by atoms with E-state index in [2.05, 4.69) is 121 Å². The summed E-state index contributed by atoms with van der Waals surface area (Å²) in [5, 5.41) is 0. The van der Waals surface area contributed by atoms with Crippen LogP contribution in [0.1, 0.15) is 110 Å². The molecule has 72 heavy (non-hydrogen) atoms. The maximum absolute atomic E-state index is 6.75. The molecule has 5 aromatic rings. The Kier molecular flexibility index (Phi) is 16.8. The molecule has 21 rings (SSSR count). The van der Waals surface area contributed by atoms with Crippen molar-refractivity contribution < 1.29 is 56.8 Å². The Morgan fingerprint density at radius 2 is 0.347 bits per heavy atom. The smallest absolute Gasteiger partial charge is 0.147 e. The lowest BCUT2D eigenvalue weighted by Gasteiger charge is -2.48. The molecule has 0 heterocycles. The Balaban J connectivity index is 1.11. The van der Waals surface area contributed by atoms with Gasteiger partial charge in [-0.25, -0.2) is 0 Å². The van der Waals surface area contributed by atoms with Crippen LogP contribution in [0, 0.1) is 0 Å². The van der Waals surface area contributed by atoms with E-state index < -0.39 is 33.6 Å². The molecular formula is C60H74O12. The van der Waals surface area contributed by atoms with Crippen LogP contribution >= 0.6 is 0 Å². The SMILES string of the molecule is COCOC12CCC(OCOC)(CC1)c1ccc(cc1)C1(OCOC)CCC(OCOC)(CC1)c1ccc(cc1)C1(OCOC)CCC(OCOC)(CC1)c1ccc(cc1)-c1ccc(cc1)-c1ccc2cc1. The van der Waals surface area contributed by atoms with Crippen molar-refractivity contribution >= 4 is 0 Å². The molecule has 12 heteroatoms. The predicted octanol–water partition coefficient (Wildman–Crippen LogP) is 12.1. The Morgan fingerprint density at radius 3 is 0.486 bits per heavy atom. The van der Waals surface area contributed by atoms with Crippen molar-refractivity contribution in [2.45, 2.75) is 111 Å². The topological polar surface area (TPSA) is 111 Å². The monoisotopic (exact) mass is 987 g/mol. The minimum absolute atomic E-state index is 0.159. The van der Waals surface area contributed by atoms with Crippen LogP contribution in [0.3, 0.4) is 0 Å². The molecule has 0 amide bonds. The van der Waals surface area contributed by atoms with E-state index in [9.17, 15) is 0 Å². The Morgan fingerprint density at radius 1 is 0.222 bits per heavy atom. The first-order valence-corrected chi connectivity index (χ1v) is 25.5. The quantitative estimate of drug-likeness (QED) is 0.0780. The highest BCUT2D eigenvalue weighted by Crippen LogP contribution is 2.54. The van der Waals surface area contributed by atoms with E-state index in [1.54, 1.807) is 42.7 Å². The minimum Gasteiger partial charge on any atom is -0.359 e. The largest absolute Gasteiger partial charge is 0.359 e. The van der Waals surface area contributed by atoms with Crippen LogP contribution in [0.4, 0.5) is 0 Å². The molecule has 0 radical (unpaired) electrons. The van der Waals surface area contributed by atoms with Gasteiger partial charge in [0.05, 0.1) is 33.6 Å². The zero-order chi connectivity index (χ0) is 50.1. The van der Waals surface area contributed by atoms with Crippen LogP contribution in [-0.2, 0) is 90.4 Å². The van der Waals surface area contributed by atoms with E-state index >= 15 is 0 Å². The molecule has 12 nitrogen and oxygen atoms in total. The first kappa shape index (κ1) is 52.5. The van der Waals surface area contributed by atoms with Gasteiger partial charge in [-0.05, 0) is 133 Å². The van der Waals surface area contributed by atoms with E-state index in [0.717, 1.165) is 81.3 Å². The summed E-state index contributed by atoms with van der Waals surface area (Å²) in [6, 6.07) is 44.2.